The van der Waals surface area contributed by atoms with Crippen LogP contribution in [0, 0.1) is 0 Å². The van der Waals surface area contributed by atoms with Crippen molar-refractivity contribution in [1.29, 1.82) is 0 Å². The first-order valence-electron chi connectivity index (χ1n) is 5.87. The number of halogens is 1. The average molecular weight is 258 g/mol. The van der Waals surface area contributed by atoms with Crippen LogP contribution in [-0.2, 0) is 0 Å². The Morgan fingerprint density at radius 3 is 2.65 bits per heavy atom. The van der Waals surface area contributed by atoms with Gasteiger partial charge in [0.05, 0.1) is 6.10 Å². The quantitative estimate of drug-likeness (QED) is 0.796. The lowest BCUT2D eigenvalue weighted by atomic mass is 10.2. The second-order valence-electron chi connectivity index (χ2n) is 4.45. The summed E-state index contributed by atoms with van der Waals surface area (Å²) in [6, 6.07) is 1.98. The molecule has 2 atom stereocenters. The lowest BCUT2D eigenvalue weighted by molar-refractivity contribution is 0.232. The smallest absolute Gasteiger partial charge is 0.226 e. The van der Waals surface area contributed by atoms with Gasteiger partial charge in [0.2, 0.25) is 11.8 Å². The lowest BCUT2D eigenvalue weighted by Gasteiger charge is -2.15. The summed E-state index contributed by atoms with van der Waals surface area (Å²) in [7, 11) is 0. The van der Waals surface area contributed by atoms with Gasteiger partial charge in [0, 0.05) is 23.7 Å². The summed E-state index contributed by atoms with van der Waals surface area (Å²) in [5.41, 5.74) is 0. The van der Waals surface area contributed by atoms with Gasteiger partial charge in [0.25, 0.3) is 0 Å². The van der Waals surface area contributed by atoms with Crippen molar-refractivity contribution in [2.45, 2.75) is 51.6 Å². The Balaban J connectivity index is 2.59. The third kappa shape index (κ3) is 5.73. The van der Waals surface area contributed by atoms with Crippen molar-refractivity contribution < 1.29 is 4.74 Å². The summed E-state index contributed by atoms with van der Waals surface area (Å²) < 4.78 is 5.50. The van der Waals surface area contributed by atoms with Gasteiger partial charge in [-0.25, -0.2) is 4.98 Å². The molecule has 1 N–H and O–H groups in total. The fourth-order valence-electron chi connectivity index (χ4n) is 1.49. The normalized spacial score (nSPS) is 14.5. The average Bonchev–Trinajstić information content (AvgIpc) is 2.14. The molecule has 0 aliphatic rings. The third-order valence-corrected chi connectivity index (χ3v) is 2.22. The number of nitrogens with zero attached hydrogens (tertiary/aromatic N) is 2. The van der Waals surface area contributed by atoms with Gasteiger partial charge < -0.3 is 10.1 Å². The van der Waals surface area contributed by atoms with Crippen molar-refractivity contribution >= 4 is 17.5 Å². The second-order valence-corrected chi connectivity index (χ2v) is 5.19. The van der Waals surface area contributed by atoms with Gasteiger partial charge in [-0.1, -0.05) is 0 Å². The number of rotatable bonds is 6. The van der Waals surface area contributed by atoms with Crippen LogP contribution in [0.15, 0.2) is 12.3 Å². The molecule has 0 saturated heterocycles. The van der Waals surface area contributed by atoms with E-state index >= 15 is 0 Å². The minimum absolute atomic E-state index is 0.109. The first kappa shape index (κ1) is 14.0. The maximum Gasteiger partial charge on any atom is 0.226 e. The highest BCUT2D eigenvalue weighted by atomic mass is 35.5. The Morgan fingerprint density at radius 1 is 1.35 bits per heavy atom. The Kier molecular flexibility index (Phi) is 5.48. The fraction of sp³-hybridized carbons (Fsp3) is 0.667. The molecule has 0 aromatic carbocycles. The van der Waals surface area contributed by atoms with Crippen LogP contribution >= 0.6 is 11.6 Å². The summed E-state index contributed by atoms with van der Waals surface area (Å²) in [6.45, 7) is 7.96. The molecule has 1 aromatic rings. The van der Waals surface area contributed by atoms with Crippen molar-refractivity contribution in [1.82, 2.24) is 9.97 Å². The highest BCUT2D eigenvalue weighted by molar-refractivity contribution is 6.20. The predicted molar refractivity (Wildman–Crippen MR) is 70.8 cm³/mol. The van der Waals surface area contributed by atoms with Crippen molar-refractivity contribution in [2.75, 3.05) is 5.32 Å². The van der Waals surface area contributed by atoms with Gasteiger partial charge in [-0.3, -0.25) is 0 Å². The molecular formula is C12H20ClN3O. The number of nitrogens with one attached hydrogen (secondary N) is 1. The van der Waals surface area contributed by atoms with E-state index in [1.54, 1.807) is 12.3 Å². The highest BCUT2D eigenvalue weighted by Gasteiger charge is 2.08. The zero-order valence-corrected chi connectivity index (χ0v) is 11.5. The predicted octanol–water partition coefficient (Wildman–Crippen LogP) is 3.08. The van der Waals surface area contributed by atoms with E-state index in [1.807, 2.05) is 20.8 Å². The molecule has 1 heterocycles. The number of ether oxygens (including phenoxy) is 1. The highest BCUT2D eigenvalue weighted by Crippen LogP contribution is 2.13. The van der Waals surface area contributed by atoms with Crippen LogP contribution in [0.5, 0.6) is 5.88 Å². The van der Waals surface area contributed by atoms with E-state index in [0.717, 1.165) is 6.42 Å². The minimum Gasteiger partial charge on any atom is -0.475 e. The second kappa shape index (κ2) is 6.64. The Bertz CT molecular complexity index is 344. The molecule has 0 aliphatic heterocycles. The van der Waals surface area contributed by atoms with Crippen molar-refractivity contribution in [2.24, 2.45) is 0 Å². The van der Waals surface area contributed by atoms with E-state index in [4.69, 9.17) is 16.3 Å². The van der Waals surface area contributed by atoms with Crippen LogP contribution in [0.2, 0.25) is 0 Å². The molecule has 17 heavy (non-hydrogen) atoms. The maximum atomic E-state index is 5.93. The first-order chi connectivity index (χ1) is 7.97. The minimum atomic E-state index is 0.109. The van der Waals surface area contributed by atoms with Crippen LogP contribution in [0.25, 0.3) is 0 Å². The molecular weight excluding hydrogens is 238 g/mol. The summed E-state index contributed by atoms with van der Waals surface area (Å²) in [6.07, 6.45) is 2.66. The number of anilines is 1. The first-order valence-corrected chi connectivity index (χ1v) is 6.31. The molecule has 96 valence electrons. The monoisotopic (exact) mass is 257 g/mol. The van der Waals surface area contributed by atoms with E-state index < -0.39 is 0 Å². The number of aromatic nitrogens is 2. The summed E-state index contributed by atoms with van der Waals surface area (Å²) in [5.74, 6) is 1.16. The summed E-state index contributed by atoms with van der Waals surface area (Å²) in [4.78, 5) is 8.42. The van der Waals surface area contributed by atoms with E-state index in [-0.39, 0.29) is 17.5 Å². The van der Waals surface area contributed by atoms with Crippen LogP contribution in [0.4, 0.5) is 5.95 Å². The largest absolute Gasteiger partial charge is 0.475 e. The SMILES string of the molecule is CC(Cl)CC(C)Nc1nccc(OC(C)C)n1. The lowest BCUT2D eigenvalue weighted by Crippen LogP contribution is -2.20. The van der Waals surface area contributed by atoms with Crippen LogP contribution in [0.1, 0.15) is 34.1 Å². The van der Waals surface area contributed by atoms with Gasteiger partial charge >= 0.3 is 0 Å². The Hall–Kier alpha value is -1.03. The van der Waals surface area contributed by atoms with Gasteiger partial charge in [-0.2, -0.15) is 4.98 Å². The molecule has 0 radical (unpaired) electrons. The van der Waals surface area contributed by atoms with Crippen molar-refractivity contribution in [3.05, 3.63) is 12.3 Å². The van der Waals surface area contributed by atoms with Crippen molar-refractivity contribution in [3.8, 4) is 5.88 Å². The van der Waals surface area contributed by atoms with E-state index in [0.29, 0.717) is 11.8 Å². The van der Waals surface area contributed by atoms with Gasteiger partial charge in [-0.15, -0.1) is 11.6 Å². The molecule has 5 heteroatoms. The molecule has 0 saturated carbocycles. The maximum absolute atomic E-state index is 5.93. The van der Waals surface area contributed by atoms with Crippen LogP contribution < -0.4 is 10.1 Å². The number of hydrogen-bond acceptors (Lipinski definition) is 4. The fourth-order valence-corrected chi connectivity index (χ4v) is 1.75. The Labute approximate surface area is 108 Å². The van der Waals surface area contributed by atoms with E-state index in [1.165, 1.54) is 0 Å². The topological polar surface area (TPSA) is 47.0 Å². The molecule has 0 spiro atoms. The van der Waals surface area contributed by atoms with E-state index in [9.17, 15) is 0 Å². The number of hydrogen-bond donors (Lipinski definition) is 1. The molecule has 1 aromatic heterocycles. The van der Waals surface area contributed by atoms with Gasteiger partial charge in [0.1, 0.15) is 0 Å². The molecule has 0 bridgehead atoms. The van der Waals surface area contributed by atoms with E-state index in [2.05, 4.69) is 22.2 Å². The van der Waals surface area contributed by atoms with Gasteiger partial charge in [0.15, 0.2) is 0 Å². The molecule has 4 nitrogen and oxygen atoms in total. The summed E-state index contributed by atoms with van der Waals surface area (Å²) in [5, 5.41) is 3.33. The summed E-state index contributed by atoms with van der Waals surface area (Å²) >= 11 is 5.93. The third-order valence-electron chi connectivity index (χ3n) is 2.04. The molecule has 0 amide bonds. The van der Waals surface area contributed by atoms with Crippen LogP contribution in [-0.4, -0.2) is 27.5 Å². The van der Waals surface area contributed by atoms with Crippen LogP contribution in [0.3, 0.4) is 0 Å². The van der Waals surface area contributed by atoms with Crippen molar-refractivity contribution in [3.63, 3.8) is 0 Å². The van der Waals surface area contributed by atoms with Gasteiger partial charge in [-0.05, 0) is 34.1 Å². The zero-order chi connectivity index (χ0) is 12.8. The molecule has 1 rings (SSSR count). The standard InChI is InChI=1S/C12H20ClN3O/c1-8(2)17-11-5-6-14-12(16-11)15-10(4)7-9(3)13/h5-6,8-10H,7H2,1-4H3,(H,14,15,16). The molecule has 0 fully saturated rings. The Morgan fingerprint density at radius 2 is 2.06 bits per heavy atom. The zero-order valence-electron chi connectivity index (χ0n) is 10.8. The molecule has 2 unspecified atom stereocenters. The number of alkyl halides is 1. The molecule has 0 aliphatic carbocycles.